The van der Waals surface area contributed by atoms with Gasteiger partial charge in [-0.25, -0.2) is 0 Å². The van der Waals surface area contributed by atoms with Crippen molar-refractivity contribution in [2.24, 2.45) is 5.73 Å². The highest BCUT2D eigenvalue weighted by Gasteiger charge is 2.11. The maximum Gasteiger partial charge on any atom is 0.241 e. The molecule has 6 heteroatoms. The number of carbonyl (C=O) groups excluding carboxylic acids is 1. The predicted molar refractivity (Wildman–Crippen MR) is 63.4 cm³/mol. The first-order valence-electron chi connectivity index (χ1n) is 5.22. The van der Waals surface area contributed by atoms with Crippen molar-refractivity contribution in [3.63, 3.8) is 0 Å². The Hall–Kier alpha value is -1.07. The maximum atomic E-state index is 11.5. The van der Waals surface area contributed by atoms with E-state index in [-0.39, 0.29) is 12.5 Å². The van der Waals surface area contributed by atoms with E-state index in [2.05, 4.69) is 10.4 Å². The van der Waals surface area contributed by atoms with Crippen LogP contribution in [0.3, 0.4) is 0 Å². The van der Waals surface area contributed by atoms with E-state index < -0.39 is 0 Å². The van der Waals surface area contributed by atoms with Gasteiger partial charge in [-0.15, -0.1) is 0 Å². The zero-order valence-electron chi connectivity index (χ0n) is 9.59. The van der Waals surface area contributed by atoms with Gasteiger partial charge >= 0.3 is 0 Å². The average molecular weight is 245 g/mol. The molecule has 0 atom stereocenters. The van der Waals surface area contributed by atoms with Crippen molar-refractivity contribution in [1.82, 2.24) is 15.1 Å². The largest absolute Gasteiger partial charge is 0.354 e. The minimum atomic E-state index is -0.0734. The fourth-order valence-electron chi connectivity index (χ4n) is 1.35. The van der Waals surface area contributed by atoms with E-state index in [4.69, 9.17) is 17.3 Å². The Bertz CT molecular complexity index is 375. The summed E-state index contributed by atoms with van der Waals surface area (Å²) in [6.45, 7) is 5.03. The quantitative estimate of drug-likeness (QED) is 0.746. The Morgan fingerprint density at radius 3 is 2.75 bits per heavy atom. The Kier molecular flexibility index (Phi) is 4.76. The highest BCUT2D eigenvalue weighted by atomic mass is 35.5. The summed E-state index contributed by atoms with van der Waals surface area (Å²) in [6, 6.07) is 0. The molecule has 1 aromatic rings. The molecule has 0 radical (unpaired) electrons. The minimum Gasteiger partial charge on any atom is -0.354 e. The summed E-state index contributed by atoms with van der Waals surface area (Å²) in [5.74, 6) is -0.0734. The highest BCUT2D eigenvalue weighted by molar-refractivity contribution is 6.31. The number of halogens is 1. The van der Waals surface area contributed by atoms with Crippen LogP contribution in [-0.4, -0.2) is 28.8 Å². The van der Waals surface area contributed by atoms with E-state index in [1.165, 1.54) is 0 Å². The first kappa shape index (κ1) is 13.0. The number of amides is 1. The first-order chi connectivity index (χ1) is 7.56. The summed E-state index contributed by atoms with van der Waals surface area (Å²) in [4.78, 5) is 11.5. The van der Waals surface area contributed by atoms with Crippen LogP contribution in [-0.2, 0) is 11.3 Å². The molecule has 0 unspecified atom stereocenters. The number of nitrogens with zero attached hydrogens (tertiary/aromatic N) is 2. The molecule has 0 fully saturated rings. The van der Waals surface area contributed by atoms with Crippen LogP contribution in [0.4, 0.5) is 0 Å². The monoisotopic (exact) mass is 244 g/mol. The van der Waals surface area contributed by atoms with Gasteiger partial charge in [-0.2, -0.15) is 5.10 Å². The molecule has 0 aliphatic rings. The van der Waals surface area contributed by atoms with E-state index in [1.807, 2.05) is 13.8 Å². The normalized spacial score (nSPS) is 10.5. The molecule has 0 aliphatic heterocycles. The van der Waals surface area contributed by atoms with Gasteiger partial charge in [-0.05, 0) is 26.8 Å². The van der Waals surface area contributed by atoms with E-state index >= 15 is 0 Å². The zero-order chi connectivity index (χ0) is 12.1. The van der Waals surface area contributed by atoms with Gasteiger partial charge in [-0.3, -0.25) is 9.48 Å². The van der Waals surface area contributed by atoms with Crippen LogP contribution in [0.1, 0.15) is 17.8 Å². The lowest BCUT2D eigenvalue weighted by Gasteiger charge is -2.05. The van der Waals surface area contributed by atoms with Crippen molar-refractivity contribution in [2.45, 2.75) is 26.8 Å². The van der Waals surface area contributed by atoms with Crippen molar-refractivity contribution >= 4 is 17.5 Å². The second kappa shape index (κ2) is 5.86. The van der Waals surface area contributed by atoms with Crippen LogP contribution in [0.15, 0.2) is 0 Å². The number of aryl methyl sites for hydroxylation is 1. The summed E-state index contributed by atoms with van der Waals surface area (Å²) in [7, 11) is 0. The summed E-state index contributed by atoms with van der Waals surface area (Å²) in [5, 5.41) is 7.56. The third-order valence-corrected chi connectivity index (χ3v) is 2.84. The lowest BCUT2D eigenvalue weighted by atomic mass is 10.4. The SMILES string of the molecule is Cc1nn(CC(=O)NCCCN)c(C)c1Cl. The molecule has 1 heterocycles. The van der Waals surface area contributed by atoms with E-state index in [1.54, 1.807) is 4.68 Å². The summed E-state index contributed by atoms with van der Waals surface area (Å²) >= 11 is 5.98. The van der Waals surface area contributed by atoms with Crippen molar-refractivity contribution in [3.05, 3.63) is 16.4 Å². The van der Waals surface area contributed by atoms with Gasteiger partial charge in [0.1, 0.15) is 6.54 Å². The third-order valence-electron chi connectivity index (χ3n) is 2.29. The second-order valence-electron chi connectivity index (χ2n) is 3.63. The highest BCUT2D eigenvalue weighted by Crippen LogP contribution is 2.18. The summed E-state index contributed by atoms with van der Waals surface area (Å²) in [6.07, 6.45) is 0.781. The molecule has 16 heavy (non-hydrogen) atoms. The molecule has 1 aromatic heterocycles. The van der Waals surface area contributed by atoms with Gasteiger partial charge in [0.2, 0.25) is 5.91 Å². The summed E-state index contributed by atoms with van der Waals surface area (Å²) < 4.78 is 1.61. The van der Waals surface area contributed by atoms with Crippen LogP contribution in [0.5, 0.6) is 0 Å². The Labute approximate surface area is 99.9 Å². The predicted octanol–water partition coefficient (Wildman–Crippen LogP) is 0.618. The topological polar surface area (TPSA) is 72.9 Å². The molecular formula is C10H17ClN4O. The molecule has 0 saturated heterocycles. The second-order valence-corrected chi connectivity index (χ2v) is 4.01. The molecule has 3 N–H and O–H groups in total. The van der Waals surface area contributed by atoms with Crippen LogP contribution >= 0.6 is 11.6 Å². The molecule has 1 rings (SSSR count). The van der Waals surface area contributed by atoms with Crippen molar-refractivity contribution in [3.8, 4) is 0 Å². The van der Waals surface area contributed by atoms with E-state index in [0.717, 1.165) is 17.8 Å². The Morgan fingerprint density at radius 1 is 1.56 bits per heavy atom. The van der Waals surface area contributed by atoms with E-state index in [0.29, 0.717) is 18.1 Å². The number of aromatic nitrogens is 2. The van der Waals surface area contributed by atoms with Gasteiger partial charge in [0, 0.05) is 6.54 Å². The smallest absolute Gasteiger partial charge is 0.241 e. The number of rotatable bonds is 5. The molecule has 0 bridgehead atoms. The third kappa shape index (κ3) is 3.21. The number of nitrogens with two attached hydrogens (primary N) is 1. The fourth-order valence-corrected chi connectivity index (χ4v) is 1.49. The molecular weight excluding hydrogens is 228 g/mol. The standard InChI is InChI=1S/C10H17ClN4O/c1-7-10(11)8(2)15(14-7)6-9(16)13-5-3-4-12/h3-6,12H2,1-2H3,(H,13,16). The van der Waals surface area contributed by atoms with Gasteiger partial charge < -0.3 is 11.1 Å². The van der Waals surface area contributed by atoms with Crippen LogP contribution in [0, 0.1) is 13.8 Å². The van der Waals surface area contributed by atoms with Gasteiger partial charge in [-0.1, -0.05) is 11.6 Å². The van der Waals surface area contributed by atoms with Gasteiger partial charge in [0.05, 0.1) is 16.4 Å². The number of carbonyl (C=O) groups is 1. The molecule has 90 valence electrons. The molecule has 5 nitrogen and oxygen atoms in total. The van der Waals surface area contributed by atoms with Crippen molar-refractivity contribution < 1.29 is 4.79 Å². The molecule has 1 amide bonds. The summed E-state index contributed by atoms with van der Waals surface area (Å²) in [5.41, 5.74) is 6.89. The van der Waals surface area contributed by atoms with Crippen LogP contribution < -0.4 is 11.1 Å². The number of hydrogen-bond acceptors (Lipinski definition) is 3. The molecule has 0 aliphatic carbocycles. The minimum absolute atomic E-state index is 0.0734. The molecule has 0 saturated carbocycles. The molecule has 0 spiro atoms. The Balaban J connectivity index is 2.53. The zero-order valence-corrected chi connectivity index (χ0v) is 10.3. The van der Waals surface area contributed by atoms with E-state index in [9.17, 15) is 4.79 Å². The average Bonchev–Trinajstić information content (AvgIpc) is 2.47. The lowest BCUT2D eigenvalue weighted by molar-refractivity contribution is -0.121. The fraction of sp³-hybridized carbons (Fsp3) is 0.600. The van der Waals surface area contributed by atoms with Gasteiger partial charge in [0.25, 0.3) is 0 Å². The number of nitrogens with one attached hydrogen (secondary N) is 1. The number of hydrogen-bond donors (Lipinski definition) is 2. The van der Waals surface area contributed by atoms with Gasteiger partial charge in [0.15, 0.2) is 0 Å². The lowest BCUT2D eigenvalue weighted by Crippen LogP contribution is -2.30. The first-order valence-corrected chi connectivity index (χ1v) is 5.60. The van der Waals surface area contributed by atoms with Crippen molar-refractivity contribution in [1.29, 1.82) is 0 Å². The maximum absolute atomic E-state index is 11.5. The van der Waals surface area contributed by atoms with Crippen molar-refractivity contribution in [2.75, 3.05) is 13.1 Å². The Morgan fingerprint density at radius 2 is 2.25 bits per heavy atom. The van der Waals surface area contributed by atoms with Crippen LogP contribution in [0.25, 0.3) is 0 Å². The molecule has 0 aromatic carbocycles. The van der Waals surface area contributed by atoms with Crippen LogP contribution in [0.2, 0.25) is 5.02 Å².